The summed E-state index contributed by atoms with van der Waals surface area (Å²) < 4.78 is 7.73. The molecule has 1 aliphatic heterocycles. The van der Waals surface area contributed by atoms with Gasteiger partial charge in [0.15, 0.2) is 22.9 Å². The number of hydrogen-bond donors (Lipinski definition) is 4. The minimum absolute atomic E-state index is 0.0114. The Hall–Kier alpha value is -4.26. The summed E-state index contributed by atoms with van der Waals surface area (Å²) in [6.07, 6.45) is 1.58. The maximum Gasteiger partial charge on any atom is 0.227 e. The number of nitriles is 1. The summed E-state index contributed by atoms with van der Waals surface area (Å²) in [7, 11) is 3.12. The fraction of sp³-hybridized carbons (Fsp3) is 0.231. The minimum atomic E-state index is -0.0114. The highest BCUT2D eigenvalue weighted by Crippen LogP contribution is 2.38. The summed E-state index contributed by atoms with van der Waals surface area (Å²) in [6, 6.07) is 12.8. The van der Waals surface area contributed by atoms with Crippen molar-refractivity contribution >= 4 is 80.0 Å². The summed E-state index contributed by atoms with van der Waals surface area (Å²) in [5.74, 6) is 8.00. The second-order valence-electron chi connectivity index (χ2n) is 9.33. The highest BCUT2D eigenvalue weighted by atomic mass is 127. The van der Waals surface area contributed by atoms with E-state index >= 15 is 0 Å². The second-order valence-corrected chi connectivity index (χ2v) is 11.4. The summed E-state index contributed by atoms with van der Waals surface area (Å²) in [6.45, 7) is 2.49. The Labute approximate surface area is 256 Å². The molecule has 0 saturated carbocycles. The molecule has 1 fully saturated rings. The molecule has 14 nitrogen and oxygen atoms in total. The molecule has 1 saturated heterocycles. The van der Waals surface area contributed by atoms with Crippen molar-refractivity contribution in [2.24, 2.45) is 16.7 Å². The van der Waals surface area contributed by atoms with Gasteiger partial charge in [0.25, 0.3) is 0 Å². The number of nitrogens with zero attached hydrogens (tertiary/aromatic N) is 8. The predicted octanol–water partition coefficient (Wildman–Crippen LogP) is 3.85. The third-order valence-corrected chi connectivity index (χ3v) is 8.65. The van der Waals surface area contributed by atoms with Crippen molar-refractivity contribution in [1.29, 1.82) is 5.26 Å². The Bertz CT molecular complexity index is 1750. The van der Waals surface area contributed by atoms with E-state index in [2.05, 4.69) is 48.8 Å². The van der Waals surface area contributed by atoms with Gasteiger partial charge in [0, 0.05) is 26.1 Å². The monoisotopic (exact) mass is 698 g/mol. The van der Waals surface area contributed by atoms with Gasteiger partial charge in [-0.25, -0.2) is 25.9 Å². The number of amidine groups is 1. The van der Waals surface area contributed by atoms with E-state index in [1.165, 1.54) is 0 Å². The van der Waals surface area contributed by atoms with E-state index in [9.17, 15) is 10.1 Å². The van der Waals surface area contributed by atoms with Crippen LogP contribution >= 0.6 is 28.4 Å². The van der Waals surface area contributed by atoms with Crippen LogP contribution in [0.3, 0.4) is 0 Å². The lowest BCUT2D eigenvalue weighted by Gasteiger charge is -2.18. The molecule has 6 N–H and O–H groups in total. The van der Waals surface area contributed by atoms with Crippen molar-refractivity contribution in [2.45, 2.75) is 19.8 Å². The number of carbonyl (C=O) groups excluding carboxylic acids is 1. The Morgan fingerprint density at radius 2 is 2.02 bits per heavy atom. The number of amides is 1. The van der Waals surface area contributed by atoms with E-state index in [0.717, 1.165) is 17.4 Å². The largest absolute Gasteiger partial charge is 0.494 e. The van der Waals surface area contributed by atoms with Crippen LogP contribution in [-0.2, 0) is 4.79 Å². The van der Waals surface area contributed by atoms with E-state index in [4.69, 9.17) is 26.3 Å². The van der Waals surface area contributed by atoms with Crippen molar-refractivity contribution in [3.05, 3.63) is 53.5 Å². The van der Waals surface area contributed by atoms with Crippen LogP contribution in [0.25, 0.3) is 11.2 Å². The maximum absolute atomic E-state index is 12.3. The van der Waals surface area contributed by atoms with E-state index in [-0.39, 0.29) is 17.4 Å². The van der Waals surface area contributed by atoms with Crippen molar-refractivity contribution in [1.82, 2.24) is 24.4 Å². The first-order valence-electron chi connectivity index (χ1n) is 12.8. The van der Waals surface area contributed by atoms with Crippen molar-refractivity contribution in [3.63, 3.8) is 0 Å². The number of imidazole rings is 1. The van der Waals surface area contributed by atoms with Crippen LogP contribution in [0.4, 0.5) is 28.7 Å². The molecule has 1 aromatic carbocycles. The molecule has 16 heteroatoms. The molecule has 4 heterocycles. The standard InChI is InChI=1S/C26H28IN12O2P/c1-14-31-23-17(32-16-7-4-6-15(24(16)41-3)25(29)36-37(2)30)12-21(35-26(23)39(14)42-27)34-20-10-9-19(18(13-28)33-20)38-11-5-8-22(38)40/h4,6-7,9-10,12,42H,5,8,11,30H2,1-3H3,(H2,29,36)(H2,32,33,34,35). The van der Waals surface area contributed by atoms with Gasteiger partial charge >= 0.3 is 0 Å². The molecule has 3 aromatic heterocycles. The smallest absolute Gasteiger partial charge is 0.227 e. The second kappa shape index (κ2) is 12.3. The van der Waals surface area contributed by atoms with Crippen LogP contribution in [0.5, 0.6) is 5.75 Å². The number of aryl methyl sites for hydroxylation is 1. The molecule has 216 valence electrons. The van der Waals surface area contributed by atoms with E-state index in [0.29, 0.717) is 70.5 Å². The van der Waals surface area contributed by atoms with Crippen LogP contribution in [0.1, 0.15) is 29.9 Å². The summed E-state index contributed by atoms with van der Waals surface area (Å²) >= 11 is 2.29. The number of aromatic nitrogens is 4. The van der Waals surface area contributed by atoms with Crippen molar-refractivity contribution < 1.29 is 9.53 Å². The fourth-order valence-electron chi connectivity index (χ4n) is 4.70. The molecule has 0 bridgehead atoms. The number of hydrogen-bond acceptors (Lipinski definition) is 11. The van der Waals surface area contributed by atoms with Gasteiger partial charge in [0.2, 0.25) is 5.91 Å². The molecule has 4 aromatic rings. The number of fused-ring (bicyclic) bond motifs is 1. The van der Waals surface area contributed by atoms with Gasteiger partial charge < -0.3 is 26.0 Å². The summed E-state index contributed by atoms with van der Waals surface area (Å²) in [5.41, 5.74) is 10.0. The number of ether oxygens (including phenoxy) is 1. The molecular formula is C26H28IN12O2P. The Kier molecular flexibility index (Phi) is 8.57. The average Bonchev–Trinajstić information content (AvgIpc) is 3.54. The molecule has 0 radical (unpaired) electrons. The highest BCUT2D eigenvalue weighted by molar-refractivity contribution is 14.2. The topological polar surface area (TPSA) is 189 Å². The number of benzene rings is 1. The molecular weight excluding hydrogens is 670 g/mol. The first-order valence-corrected chi connectivity index (χ1v) is 16.8. The first kappa shape index (κ1) is 29.2. The van der Waals surface area contributed by atoms with Gasteiger partial charge in [-0.1, -0.05) is 6.07 Å². The Morgan fingerprint density at radius 1 is 1.21 bits per heavy atom. The number of para-hydroxylation sites is 1. The lowest BCUT2D eigenvalue weighted by molar-refractivity contribution is -0.117. The summed E-state index contributed by atoms with van der Waals surface area (Å²) in [5, 5.41) is 21.7. The van der Waals surface area contributed by atoms with E-state index < -0.39 is 0 Å². The number of methoxy groups -OCH3 is 1. The number of rotatable bonds is 9. The molecule has 1 aliphatic rings. The molecule has 1 atom stereocenters. The molecule has 0 spiro atoms. The van der Waals surface area contributed by atoms with Crippen LogP contribution in [-0.4, -0.2) is 56.9 Å². The Balaban J connectivity index is 1.56. The van der Waals surface area contributed by atoms with Gasteiger partial charge in [-0.3, -0.25) is 9.13 Å². The predicted molar refractivity (Wildman–Crippen MR) is 173 cm³/mol. The first-order chi connectivity index (χ1) is 20.2. The number of carbonyl (C=O) groups is 1. The third-order valence-electron chi connectivity index (χ3n) is 6.50. The number of hydrazone groups is 1. The van der Waals surface area contributed by atoms with E-state index in [1.807, 2.05) is 23.4 Å². The third kappa shape index (κ3) is 5.73. The zero-order chi connectivity index (χ0) is 30.0. The minimum Gasteiger partial charge on any atom is -0.494 e. The number of halogens is 1. The lowest BCUT2D eigenvalue weighted by atomic mass is 10.1. The highest BCUT2D eigenvalue weighted by Gasteiger charge is 2.25. The SMILES string of the molecule is COc1c(Nc2cc(Nc3ccc(N4CCCC4=O)c(C#N)n3)nc3c2nc(C)n3PI)cccc1/C(N)=N/N(C)N. The molecule has 1 amide bonds. The quantitative estimate of drug-likeness (QED) is 0.0497. The summed E-state index contributed by atoms with van der Waals surface area (Å²) in [4.78, 5) is 27.9. The average molecular weight is 698 g/mol. The lowest BCUT2D eigenvalue weighted by Crippen LogP contribution is -2.26. The fourth-order valence-corrected chi connectivity index (χ4v) is 6.84. The number of nitrogens with one attached hydrogen (secondary N) is 2. The van der Waals surface area contributed by atoms with Gasteiger partial charge in [0.1, 0.15) is 29.0 Å². The van der Waals surface area contributed by atoms with Crippen LogP contribution < -0.4 is 31.8 Å². The number of pyridine rings is 2. The molecule has 1 unspecified atom stereocenters. The Morgan fingerprint density at radius 3 is 2.69 bits per heavy atom. The number of anilines is 5. The molecule has 42 heavy (non-hydrogen) atoms. The zero-order valence-corrected chi connectivity index (χ0v) is 26.2. The van der Waals surface area contributed by atoms with Gasteiger partial charge in [-0.2, -0.15) is 5.26 Å². The van der Waals surface area contributed by atoms with Crippen LogP contribution in [0.2, 0.25) is 0 Å². The van der Waals surface area contributed by atoms with Crippen molar-refractivity contribution in [2.75, 3.05) is 36.2 Å². The molecule has 0 aliphatic carbocycles. The van der Waals surface area contributed by atoms with Crippen LogP contribution in [0.15, 0.2) is 41.5 Å². The molecule has 5 rings (SSSR count). The van der Waals surface area contributed by atoms with Gasteiger partial charge in [-0.05, 0) is 59.7 Å². The van der Waals surface area contributed by atoms with Gasteiger partial charge in [-0.15, -0.1) is 5.10 Å². The maximum atomic E-state index is 12.3. The van der Waals surface area contributed by atoms with E-state index in [1.54, 1.807) is 43.3 Å². The van der Waals surface area contributed by atoms with Crippen LogP contribution in [0, 0.1) is 18.3 Å². The number of hydrazine groups is 1. The zero-order valence-electron chi connectivity index (χ0n) is 23.0. The van der Waals surface area contributed by atoms with Crippen molar-refractivity contribution in [3.8, 4) is 11.8 Å². The normalized spacial score (nSPS) is 13.7. The van der Waals surface area contributed by atoms with Gasteiger partial charge in [0.05, 0.1) is 36.1 Å². The number of nitrogens with two attached hydrogens (primary N) is 2.